The number of nitrogens with two attached hydrogens (primary N) is 1. The molecule has 0 aliphatic carbocycles. The first-order valence-corrected chi connectivity index (χ1v) is 6.68. The van der Waals surface area contributed by atoms with Crippen LogP contribution in [0.5, 0.6) is 0 Å². The fraction of sp³-hybridized carbons (Fsp3) is 0.154. The number of hydrogen-bond donors (Lipinski definition) is 2. The van der Waals surface area contributed by atoms with E-state index in [0.717, 1.165) is 10.0 Å². The van der Waals surface area contributed by atoms with Crippen LogP contribution in [0.2, 0.25) is 0 Å². The molecule has 104 valence electrons. The van der Waals surface area contributed by atoms with Gasteiger partial charge < -0.3 is 10.3 Å². The lowest BCUT2D eigenvalue weighted by molar-refractivity contribution is 0.0778. The van der Waals surface area contributed by atoms with Crippen LogP contribution in [0.25, 0.3) is 0 Å². The summed E-state index contributed by atoms with van der Waals surface area (Å²) < 4.78 is 0.961. The Morgan fingerprint density at radius 3 is 2.85 bits per heavy atom. The Morgan fingerprint density at radius 1 is 1.40 bits per heavy atom. The quantitative estimate of drug-likeness (QED) is 0.657. The number of benzene rings is 1. The van der Waals surface area contributed by atoms with Gasteiger partial charge in [0, 0.05) is 18.1 Å². The first-order chi connectivity index (χ1) is 9.61. The summed E-state index contributed by atoms with van der Waals surface area (Å²) in [4.78, 5) is 21.8. The number of nitrogens with zero attached hydrogens (tertiary/aromatic N) is 3. The SMILES string of the molecule is CN(Cc1ccccc1Br)C(=O)c1cncc(NN)n1. The van der Waals surface area contributed by atoms with Gasteiger partial charge in [-0.15, -0.1) is 0 Å². The second-order valence-corrected chi connectivity index (χ2v) is 5.04. The molecule has 1 heterocycles. The van der Waals surface area contributed by atoms with Crippen LogP contribution in [0.1, 0.15) is 16.1 Å². The van der Waals surface area contributed by atoms with Gasteiger partial charge in [-0.25, -0.2) is 10.8 Å². The average molecular weight is 336 g/mol. The number of halogens is 1. The minimum Gasteiger partial charge on any atom is -0.336 e. The molecule has 0 unspecified atom stereocenters. The third-order valence-electron chi connectivity index (χ3n) is 2.71. The third-order valence-corrected chi connectivity index (χ3v) is 3.49. The molecule has 1 aromatic carbocycles. The smallest absolute Gasteiger partial charge is 0.274 e. The molecule has 0 saturated carbocycles. The van der Waals surface area contributed by atoms with E-state index in [4.69, 9.17) is 5.84 Å². The number of hydrazine groups is 1. The van der Waals surface area contributed by atoms with Crippen LogP contribution in [0.15, 0.2) is 41.1 Å². The molecule has 0 bridgehead atoms. The van der Waals surface area contributed by atoms with E-state index in [-0.39, 0.29) is 11.6 Å². The number of carbonyl (C=O) groups excluding carboxylic acids is 1. The van der Waals surface area contributed by atoms with Gasteiger partial charge in [0.05, 0.1) is 12.4 Å². The fourth-order valence-electron chi connectivity index (χ4n) is 1.69. The van der Waals surface area contributed by atoms with Crippen LogP contribution in [0.4, 0.5) is 5.82 Å². The monoisotopic (exact) mass is 335 g/mol. The van der Waals surface area contributed by atoms with Crippen molar-refractivity contribution in [2.75, 3.05) is 12.5 Å². The molecule has 0 spiro atoms. The van der Waals surface area contributed by atoms with Crippen molar-refractivity contribution in [3.63, 3.8) is 0 Å². The highest BCUT2D eigenvalue weighted by molar-refractivity contribution is 9.10. The van der Waals surface area contributed by atoms with Crippen molar-refractivity contribution in [2.45, 2.75) is 6.54 Å². The summed E-state index contributed by atoms with van der Waals surface area (Å²) in [6.07, 6.45) is 2.87. The van der Waals surface area contributed by atoms with E-state index >= 15 is 0 Å². The van der Waals surface area contributed by atoms with Crippen molar-refractivity contribution in [3.8, 4) is 0 Å². The zero-order valence-electron chi connectivity index (χ0n) is 10.9. The lowest BCUT2D eigenvalue weighted by Gasteiger charge is -2.17. The Morgan fingerprint density at radius 2 is 2.15 bits per heavy atom. The third kappa shape index (κ3) is 3.31. The molecule has 20 heavy (non-hydrogen) atoms. The second-order valence-electron chi connectivity index (χ2n) is 4.19. The first-order valence-electron chi connectivity index (χ1n) is 5.89. The molecular formula is C13H14BrN5O. The molecule has 0 aliphatic heterocycles. The van der Waals surface area contributed by atoms with Crippen molar-refractivity contribution in [2.24, 2.45) is 5.84 Å². The van der Waals surface area contributed by atoms with Crippen LogP contribution in [-0.4, -0.2) is 27.8 Å². The normalized spacial score (nSPS) is 10.2. The Kier molecular flexibility index (Phi) is 4.65. The van der Waals surface area contributed by atoms with Gasteiger partial charge in [0.2, 0.25) is 0 Å². The van der Waals surface area contributed by atoms with Gasteiger partial charge in [-0.05, 0) is 11.6 Å². The maximum Gasteiger partial charge on any atom is 0.274 e. The largest absolute Gasteiger partial charge is 0.336 e. The summed E-state index contributed by atoms with van der Waals surface area (Å²) in [7, 11) is 1.71. The van der Waals surface area contributed by atoms with Gasteiger partial charge in [0.15, 0.2) is 5.82 Å². The molecule has 0 atom stereocenters. The molecule has 1 aromatic heterocycles. The topological polar surface area (TPSA) is 84.1 Å². The average Bonchev–Trinajstić information content (AvgIpc) is 2.48. The van der Waals surface area contributed by atoms with Crippen LogP contribution >= 0.6 is 15.9 Å². The highest BCUT2D eigenvalue weighted by atomic mass is 79.9. The van der Waals surface area contributed by atoms with Crippen molar-refractivity contribution >= 4 is 27.7 Å². The van der Waals surface area contributed by atoms with Gasteiger partial charge in [-0.3, -0.25) is 9.78 Å². The van der Waals surface area contributed by atoms with E-state index in [1.165, 1.54) is 12.4 Å². The molecule has 2 rings (SSSR count). The standard InChI is InChI=1S/C13H14BrN5O/c1-19(8-9-4-2-3-5-10(9)14)13(20)11-6-16-7-12(17-11)18-15/h2-7H,8,15H2,1H3,(H,17,18). The number of anilines is 1. The number of nitrogen functional groups attached to an aromatic ring is 1. The van der Waals surface area contributed by atoms with E-state index in [0.29, 0.717) is 12.4 Å². The van der Waals surface area contributed by atoms with Crippen molar-refractivity contribution < 1.29 is 4.79 Å². The Bertz CT molecular complexity index is 619. The number of carbonyl (C=O) groups is 1. The van der Waals surface area contributed by atoms with Crippen LogP contribution in [0, 0.1) is 0 Å². The van der Waals surface area contributed by atoms with E-state index < -0.39 is 0 Å². The van der Waals surface area contributed by atoms with E-state index in [9.17, 15) is 4.79 Å². The summed E-state index contributed by atoms with van der Waals surface area (Å²) in [6, 6.07) is 7.75. The fourth-order valence-corrected chi connectivity index (χ4v) is 2.10. The minimum atomic E-state index is -0.217. The molecule has 6 nitrogen and oxygen atoms in total. The van der Waals surface area contributed by atoms with Crippen molar-refractivity contribution in [1.82, 2.24) is 14.9 Å². The van der Waals surface area contributed by atoms with Gasteiger partial charge >= 0.3 is 0 Å². The van der Waals surface area contributed by atoms with Gasteiger partial charge in [-0.1, -0.05) is 34.1 Å². The molecule has 7 heteroatoms. The molecule has 1 amide bonds. The molecule has 3 N–H and O–H groups in total. The van der Waals surface area contributed by atoms with E-state index in [1.807, 2.05) is 24.3 Å². The molecule has 2 aromatic rings. The Balaban J connectivity index is 2.14. The van der Waals surface area contributed by atoms with E-state index in [2.05, 4.69) is 31.3 Å². The second kappa shape index (κ2) is 6.44. The highest BCUT2D eigenvalue weighted by Crippen LogP contribution is 2.18. The molecular weight excluding hydrogens is 322 g/mol. The van der Waals surface area contributed by atoms with Crippen LogP contribution < -0.4 is 11.3 Å². The molecule has 0 aliphatic rings. The predicted molar refractivity (Wildman–Crippen MR) is 79.8 cm³/mol. The molecule has 0 radical (unpaired) electrons. The van der Waals surface area contributed by atoms with Crippen LogP contribution in [-0.2, 0) is 6.54 Å². The summed E-state index contributed by atoms with van der Waals surface area (Å²) in [6.45, 7) is 0.474. The molecule has 0 fully saturated rings. The zero-order chi connectivity index (χ0) is 14.5. The summed E-state index contributed by atoms with van der Waals surface area (Å²) in [5.41, 5.74) is 3.63. The number of nitrogens with one attached hydrogen (secondary N) is 1. The number of hydrogen-bond acceptors (Lipinski definition) is 5. The number of aromatic nitrogens is 2. The predicted octanol–water partition coefficient (Wildman–Crippen LogP) is 1.80. The zero-order valence-corrected chi connectivity index (χ0v) is 12.5. The maximum atomic E-state index is 12.3. The summed E-state index contributed by atoms with van der Waals surface area (Å²) >= 11 is 3.46. The Labute approximate surface area is 125 Å². The summed E-state index contributed by atoms with van der Waals surface area (Å²) in [5.74, 6) is 5.39. The lowest BCUT2D eigenvalue weighted by Crippen LogP contribution is -2.27. The lowest BCUT2D eigenvalue weighted by atomic mass is 10.2. The van der Waals surface area contributed by atoms with Crippen molar-refractivity contribution in [1.29, 1.82) is 0 Å². The number of rotatable bonds is 4. The molecule has 0 saturated heterocycles. The van der Waals surface area contributed by atoms with E-state index in [1.54, 1.807) is 11.9 Å². The summed E-state index contributed by atoms with van der Waals surface area (Å²) in [5, 5.41) is 0. The Hall–Kier alpha value is -1.99. The van der Waals surface area contributed by atoms with Crippen LogP contribution in [0.3, 0.4) is 0 Å². The number of amides is 1. The van der Waals surface area contributed by atoms with Gasteiger partial charge in [0.1, 0.15) is 5.69 Å². The first kappa shape index (κ1) is 14.4. The van der Waals surface area contributed by atoms with Gasteiger partial charge in [-0.2, -0.15) is 0 Å². The van der Waals surface area contributed by atoms with Crippen molar-refractivity contribution in [3.05, 3.63) is 52.4 Å². The maximum absolute atomic E-state index is 12.3. The minimum absolute atomic E-state index is 0.217. The highest BCUT2D eigenvalue weighted by Gasteiger charge is 2.15. The van der Waals surface area contributed by atoms with Gasteiger partial charge in [0.25, 0.3) is 5.91 Å².